The van der Waals surface area contributed by atoms with Gasteiger partial charge in [0.2, 0.25) is 0 Å². The van der Waals surface area contributed by atoms with Crippen LogP contribution < -0.4 is 0 Å². The molecule has 0 spiro atoms. The van der Waals surface area contributed by atoms with Crippen molar-refractivity contribution in [3.63, 3.8) is 0 Å². The zero-order valence-electron chi connectivity index (χ0n) is 29.9. The van der Waals surface area contributed by atoms with Crippen LogP contribution in [0.1, 0.15) is 0 Å². The number of nitrogens with zero attached hydrogens (tertiary/aromatic N) is 3. The average molecular weight is 716 g/mol. The number of furan rings is 2. The van der Waals surface area contributed by atoms with Gasteiger partial charge in [0.25, 0.3) is 0 Å². The predicted molar refractivity (Wildman–Crippen MR) is 229 cm³/mol. The molecule has 5 heteroatoms. The second-order valence-corrected chi connectivity index (χ2v) is 14.3. The van der Waals surface area contributed by atoms with Crippen LogP contribution in [0.2, 0.25) is 0 Å². The Bertz CT molecular complexity index is 3550. The summed E-state index contributed by atoms with van der Waals surface area (Å²) in [7, 11) is 0. The Hall–Kier alpha value is -7.63. The summed E-state index contributed by atoms with van der Waals surface area (Å²) >= 11 is 0. The summed E-state index contributed by atoms with van der Waals surface area (Å²) in [6.45, 7) is 0. The largest absolute Gasteiger partial charge is 0.456 e. The second-order valence-electron chi connectivity index (χ2n) is 14.3. The van der Waals surface area contributed by atoms with E-state index in [1.165, 1.54) is 21.5 Å². The number of hydrogen-bond acceptors (Lipinski definition) is 5. The highest BCUT2D eigenvalue weighted by molar-refractivity contribution is 6.18. The number of para-hydroxylation sites is 2. The van der Waals surface area contributed by atoms with E-state index in [0.717, 1.165) is 82.5 Å². The molecular formula is C51H29N3O2. The SMILES string of the molecule is c1ccc(-c2cc(-c3nc(-c4ccc5ccc6c7ccccc7ccc6c5c4)nc(-c4cccc5oc6ccccc6c45)n3)c3c(c2)oc2ccccc23)cc1. The predicted octanol–water partition coefficient (Wildman–Crippen LogP) is 13.8. The molecule has 56 heavy (non-hydrogen) atoms. The van der Waals surface area contributed by atoms with Crippen molar-refractivity contribution in [2.45, 2.75) is 0 Å². The fourth-order valence-electron chi connectivity index (χ4n) is 8.49. The van der Waals surface area contributed by atoms with Crippen LogP contribution in [0.3, 0.4) is 0 Å². The van der Waals surface area contributed by atoms with Crippen molar-refractivity contribution < 1.29 is 8.83 Å². The summed E-state index contributed by atoms with van der Waals surface area (Å²) < 4.78 is 12.9. The molecule has 9 aromatic carbocycles. The highest BCUT2D eigenvalue weighted by Gasteiger charge is 2.22. The van der Waals surface area contributed by atoms with Crippen LogP contribution in [0.25, 0.3) is 121 Å². The molecule has 0 atom stereocenters. The molecule has 12 rings (SSSR count). The first kappa shape index (κ1) is 30.8. The lowest BCUT2D eigenvalue weighted by atomic mass is 9.96. The minimum atomic E-state index is 0.563. The van der Waals surface area contributed by atoms with Gasteiger partial charge in [0.1, 0.15) is 22.3 Å². The number of hydrogen-bond donors (Lipinski definition) is 0. The van der Waals surface area contributed by atoms with Crippen LogP contribution in [0.15, 0.2) is 185 Å². The van der Waals surface area contributed by atoms with E-state index in [1.54, 1.807) is 0 Å². The van der Waals surface area contributed by atoms with E-state index < -0.39 is 0 Å². The number of fused-ring (bicyclic) bond motifs is 11. The van der Waals surface area contributed by atoms with Gasteiger partial charge in [0.15, 0.2) is 17.5 Å². The van der Waals surface area contributed by atoms with Crippen LogP contribution in [0, 0.1) is 0 Å². The van der Waals surface area contributed by atoms with E-state index in [2.05, 4.69) is 121 Å². The third-order valence-corrected chi connectivity index (χ3v) is 11.1. The molecule has 0 bridgehead atoms. The lowest BCUT2D eigenvalue weighted by Crippen LogP contribution is -2.01. The lowest BCUT2D eigenvalue weighted by molar-refractivity contribution is 0.668. The summed E-state index contributed by atoms with van der Waals surface area (Å²) in [6.07, 6.45) is 0. The van der Waals surface area contributed by atoms with Gasteiger partial charge in [0.05, 0.1) is 0 Å². The van der Waals surface area contributed by atoms with Gasteiger partial charge in [0, 0.05) is 38.2 Å². The highest BCUT2D eigenvalue weighted by atomic mass is 16.3. The van der Waals surface area contributed by atoms with Gasteiger partial charge in [-0.25, -0.2) is 15.0 Å². The van der Waals surface area contributed by atoms with Crippen molar-refractivity contribution in [1.29, 1.82) is 0 Å². The molecule has 0 N–H and O–H groups in total. The first-order chi connectivity index (χ1) is 27.7. The Kier molecular flexibility index (Phi) is 6.56. The maximum absolute atomic E-state index is 6.54. The number of aromatic nitrogens is 3. The Morgan fingerprint density at radius 1 is 0.286 bits per heavy atom. The van der Waals surface area contributed by atoms with Crippen LogP contribution in [-0.2, 0) is 0 Å². The van der Waals surface area contributed by atoms with Gasteiger partial charge < -0.3 is 8.83 Å². The molecule has 0 radical (unpaired) electrons. The van der Waals surface area contributed by atoms with E-state index >= 15 is 0 Å². The van der Waals surface area contributed by atoms with Gasteiger partial charge in [-0.05, 0) is 79.8 Å². The monoisotopic (exact) mass is 715 g/mol. The molecule has 0 fully saturated rings. The topological polar surface area (TPSA) is 65.0 Å². The van der Waals surface area contributed by atoms with E-state index in [4.69, 9.17) is 23.8 Å². The molecule has 12 aromatic rings. The maximum Gasteiger partial charge on any atom is 0.164 e. The molecule has 0 saturated heterocycles. The summed E-state index contributed by atoms with van der Waals surface area (Å²) in [4.78, 5) is 16.0. The first-order valence-electron chi connectivity index (χ1n) is 18.8. The van der Waals surface area contributed by atoms with E-state index in [9.17, 15) is 0 Å². The van der Waals surface area contributed by atoms with Crippen molar-refractivity contribution in [3.05, 3.63) is 176 Å². The Labute approximate surface area is 320 Å². The molecular weight excluding hydrogens is 687 g/mol. The molecule has 260 valence electrons. The Balaban J connectivity index is 1.17. The zero-order valence-corrected chi connectivity index (χ0v) is 29.9. The van der Waals surface area contributed by atoms with Gasteiger partial charge in [-0.15, -0.1) is 0 Å². The molecule has 0 aliphatic rings. The van der Waals surface area contributed by atoms with E-state index in [-0.39, 0.29) is 0 Å². The minimum Gasteiger partial charge on any atom is -0.456 e. The van der Waals surface area contributed by atoms with E-state index in [1.807, 2.05) is 54.6 Å². The minimum absolute atomic E-state index is 0.563. The van der Waals surface area contributed by atoms with Crippen LogP contribution in [-0.4, -0.2) is 15.0 Å². The lowest BCUT2D eigenvalue weighted by Gasteiger charge is -2.13. The molecule has 0 saturated carbocycles. The number of rotatable bonds is 4. The van der Waals surface area contributed by atoms with Crippen molar-refractivity contribution >= 4 is 76.2 Å². The molecule has 3 heterocycles. The van der Waals surface area contributed by atoms with E-state index in [0.29, 0.717) is 17.5 Å². The summed E-state index contributed by atoms with van der Waals surface area (Å²) in [6, 6.07) is 61.0. The normalized spacial score (nSPS) is 11.9. The third kappa shape index (κ3) is 4.71. The fraction of sp³-hybridized carbons (Fsp3) is 0. The molecule has 0 amide bonds. The Morgan fingerprint density at radius 3 is 1.64 bits per heavy atom. The number of benzene rings is 9. The van der Waals surface area contributed by atoms with Crippen LogP contribution in [0.4, 0.5) is 0 Å². The molecule has 3 aromatic heterocycles. The molecule has 0 unspecified atom stereocenters. The Morgan fingerprint density at radius 2 is 0.857 bits per heavy atom. The quantitative estimate of drug-likeness (QED) is 0.170. The van der Waals surface area contributed by atoms with Crippen molar-refractivity contribution in [2.24, 2.45) is 0 Å². The van der Waals surface area contributed by atoms with Crippen molar-refractivity contribution in [1.82, 2.24) is 15.0 Å². The summed E-state index contributed by atoms with van der Waals surface area (Å²) in [5.74, 6) is 1.71. The first-order valence-corrected chi connectivity index (χ1v) is 18.8. The van der Waals surface area contributed by atoms with Crippen molar-refractivity contribution in [2.75, 3.05) is 0 Å². The van der Waals surface area contributed by atoms with Crippen LogP contribution >= 0.6 is 0 Å². The highest BCUT2D eigenvalue weighted by Crippen LogP contribution is 2.42. The third-order valence-electron chi connectivity index (χ3n) is 11.1. The fourth-order valence-corrected chi connectivity index (χ4v) is 8.49. The smallest absolute Gasteiger partial charge is 0.164 e. The zero-order chi connectivity index (χ0) is 36.7. The second kappa shape index (κ2) is 11.9. The van der Waals surface area contributed by atoms with Crippen molar-refractivity contribution in [3.8, 4) is 45.3 Å². The summed E-state index contributed by atoms with van der Waals surface area (Å²) in [5.41, 5.74) is 7.94. The molecule has 5 nitrogen and oxygen atoms in total. The van der Waals surface area contributed by atoms with Crippen LogP contribution in [0.5, 0.6) is 0 Å². The van der Waals surface area contributed by atoms with Gasteiger partial charge in [-0.3, -0.25) is 0 Å². The maximum atomic E-state index is 6.54. The summed E-state index contributed by atoms with van der Waals surface area (Å²) in [5, 5.41) is 11.1. The average Bonchev–Trinajstić information content (AvgIpc) is 3.84. The van der Waals surface area contributed by atoms with Gasteiger partial charge >= 0.3 is 0 Å². The van der Waals surface area contributed by atoms with Gasteiger partial charge in [-0.2, -0.15) is 0 Å². The van der Waals surface area contributed by atoms with Gasteiger partial charge in [-0.1, -0.05) is 140 Å². The standard InChI is InChI=1S/C51H29N3O2/c1-2-11-30(12-3-1)34-28-42(48-39-16-7-9-19-44(39)56-46(48)29-34)51-53-49(52-50(54-51)40-17-10-20-45-47(40)38-15-6-8-18-43(38)55-45)33-22-21-32-24-25-36-35-14-5-4-13-31(35)23-26-37(36)41(32)27-33/h1-29H. The molecule has 0 aliphatic heterocycles. The molecule has 0 aliphatic carbocycles.